The Morgan fingerprint density at radius 3 is 2.46 bits per heavy atom. The maximum absolute atomic E-state index is 13.1. The number of hydrogen-bond acceptors (Lipinski definition) is 0. The number of halogens is 2. The molecular weight excluding hydrogens is 174 g/mol. The van der Waals surface area contributed by atoms with Crippen LogP contribution in [0.1, 0.15) is 0 Å². The number of hydrogen-bond donors (Lipinski definition) is 0. The minimum absolute atomic E-state index is 0.0347. The lowest BCUT2D eigenvalue weighted by Gasteiger charge is -1.99. The van der Waals surface area contributed by atoms with Crippen molar-refractivity contribution in [3.05, 3.63) is 42.0 Å². The van der Waals surface area contributed by atoms with E-state index in [1.165, 1.54) is 24.3 Å². The zero-order valence-electron chi connectivity index (χ0n) is 6.55. The molecule has 0 atom stereocenters. The molecule has 0 unspecified atom stereocenters. The molecule has 0 aliphatic rings. The van der Waals surface area contributed by atoms with Gasteiger partial charge >= 0.3 is 0 Å². The first-order valence-electron chi connectivity index (χ1n) is 3.74. The van der Waals surface area contributed by atoms with Gasteiger partial charge in [-0.3, -0.25) is 5.11 Å². The molecule has 65 valence electrons. The quantitative estimate of drug-likeness (QED) is 0.591. The van der Waals surface area contributed by atoms with Crippen LogP contribution in [-0.4, -0.2) is 0 Å². The molecule has 1 radical (unpaired) electrons. The summed E-state index contributed by atoms with van der Waals surface area (Å²) in [5.74, 6) is -2.19. The highest BCUT2D eigenvalue weighted by Gasteiger charge is 2.09. The standard InChI is InChI=1S/C10H5F2O/c11-8-5-4-6-7(10(8)12)2-1-3-9(6)13/h1-5H. The monoisotopic (exact) mass is 179 g/mol. The molecule has 2 aromatic rings. The summed E-state index contributed by atoms with van der Waals surface area (Å²) in [5, 5.41) is 11.4. The van der Waals surface area contributed by atoms with Gasteiger partial charge in [0.05, 0.1) is 0 Å². The normalized spacial score (nSPS) is 10.6. The van der Waals surface area contributed by atoms with Crippen LogP contribution in [0.5, 0.6) is 5.75 Å². The van der Waals surface area contributed by atoms with Gasteiger partial charge in [0.1, 0.15) is 0 Å². The van der Waals surface area contributed by atoms with Crippen LogP contribution in [0.2, 0.25) is 0 Å². The number of rotatable bonds is 0. The van der Waals surface area contributed by atoms with E-state index in [0.29, 0.717) is 0 Å². The van der Waals surface area contributed by atoms with Crippen molar-refractivity contribution in [1.29, 1.82) is 0 Å². The summed E-state index contributed by atoms with van der Waals surface area (Å²) in [6.07, 6.45) is 0. The van der Waals surface area contributed by atoms with Crippen LogP contribution in [0.4, 0.5) is 8.78 Å². The Kier molecular flexibility index (Phi) is 1.65. The molecule has 0 saturated heterocycles. The summed E-state index contributed by atoms with van der Waals surface area (Å²) >= 11 is 0. The fourth-order valence-electron chi connectivity index (χ4n) is 1.27. The minimum atomic E-state index is -0.963. The van der Waals surface area contributed by atoms with Gasteiger partial charge in [-0.05, 0) is 18.2 Å². The van der Waals surface area contributed by atoms with E-state index >= 15 is 0 Å². The van der Waals surface area contributed by atoms with Crippen molar-refractivity contribution in [2.45, 2.75) is 0 Å². The molecule has 0 amide bonds. The molecular formula is C10H5F2O. The molecule has 0 N–H and O–H groups in total. The van der Waals surface area contributed by atoms with E-state index in [2.05, 4.69) is 0 Å². The molecule has 0 aliphatic heterocycles. The predicted molar refractivity (Wildman–Crippen MR) is 44.0 cm³/mol. The van der Waals surface area contributed by atoms with Crippen molar-refractivity contribution in [3.8, 4) is 5.75 Å². The molecule has 0 saturated carbocycles. The van der Waals surface area contributed by atoms with Crippen LogP contribution in [0.3, 0.4) is 0 Å². The van der Waals surface area contributed by atoms with E-state index in [9.17, 15) is 13.9 Å². The Morgan fingerprint density at radius 2 is 1.69 bits per heavy atom. The van der Waals surface area contributed by atoms with Crippen molar-refractivity contribution in [1.82, 2.24) is 0 Å². The van der Waals surface area contributed by atoms with E-state index in [1.54, 1.807) is 0 Å². The lowest BCUT2D eigenvalue weighted by atomic mass is 10.1. The summed E-state index contributed by atoms with van der Waals surface area (Å²) in [6.45, 7) is 0. The Labute approximate surface area is 73.2 Å². The lowest BCUT2D eigenvalue weighted by Crippen LogP contribution is -1.85. The van der Waals surface area contributed by atoms with Crippen LogP contribution in [-0.2, 0) is 5.11 Å². The largest absolute Gasteiger partial charge is 0.289 e. The highest BCUT2D eigenvalue weighted by molar-refractivity contribution is 5.88. The molecule has 0 bridgehead atoms. The minimum Gasteiger partial charge on any atom is -0.289 e. The fourth-order valence-corrected chi connectivity index (χ4v) is 1.27. The second kappa shape index (κ2) is 2.69. The maximum atomic E-state index is 13.1. The van der Waals surface area contributed by atoms with E-state index < -0.39 is 11.6 Å². The van der Waals surface area contributed by atoms with Gasteiger partial charge in [0, 0.05) is 10.8 Å². The third-order valence-corrected chi connectivity index (χ3v) is 1.91. The van der Waals surface area contributed by atoms with E-state index in [4.69, 9.17) is 0 Å². The Morgan fingerprint density at radius 1 is 0.923 bits per heavy atom. The summed E-state index contributed by atoms with van der Waals surface area (Å²) in [7, 11) is 0. The average molecular weight is 179 g/mol. The molecule has 0 spiro atoms. The first-order chi connectivity index (χ1) is 6.20. The smallest absolute Gasteiger partial charge is 0.186 e. The van der Waals surface area contributed by atoms with Crippen LogP contribution >= 0.6 is 0 Å². The van der Waals surface area contributed by atoms with Crippen LogP contribution < -0.4 is 0 Å². The van der Waals surface area contributed by atoms with E-state index in [1.807, 2.05) is 0 Å². The van der Waals surface area contributed by atoms with Crippen molar-refractivity contribution >= 4 is 10.8 Å². The lowest BCUT2D eigenvalue weighted by molar-refractivity contribution is 0.360. The summed E-state index contributed by atoms with van der Waals surface area (Å²) < 4.78 is 25.8. The van der Waals surface area contributed by atoms with Crippen molar-refractivity contribution in [2.75, 3.05) is 0 Å². The molecule has 0 heterocycles. The average Bonchev–Trinajstić information content (AvgIpc) is 2.12. The second-order valence-electron chi connectivity index (χ2n) is 2.71. The zero-order valence-corrected chi connectivity index (χ0v) is 6.55. The van der Waals surface area contributed by atoms with Gasteiger partial charge in [-0.25, -0.2) is 8.78 Å². The summed E-state index contributed by atoms with van der Waals surface area (Å²) in [5.41, 5.74) is 0. The van der Waals surface area contributed by atoms with Gasteiger partial charge in [0.15, 0.2) is 17.4 Å². The Hall–Kier alpha value is -1.64. The first-order valence-corrected chi connectivity index (χ1v) is 3.74. The van der Waals surface area contributed by atoms with Crippen LogP contribution in [0.15, 0.2) is 30.3 Å². The van der Waals surface area contributed by atoms with Gasteiger partial charge < -0.3 is 0 Å². The fraction of sp³-hybridized carbons (Fsp3) is 0. The molecule has 13 heavy (non-hydrogen) atoms. The third-order valence-electron chi connectivity index (χ3n) is 1.91. The molecule has 0 aromatic heterocycles. The van der Waals surface area contributed by atoms with Gasteiger partial charge in [-0.2, -0.15) is 0 Å². The molecule has 2 aromatic carbocycles. The predicted octanol–water partition coefficient (Wildman–Crippen LogP) is 3.26. The third kappa shape index (κ3) is 1.13. The van der Waals surface area contributed by atoms with Crippen molar-refractivity contribution < 1.29 is 13.9 Å². The Bertz CT molecular complexity index is 466. The highest BCUT2D eigenvalue weighted by atomic mass is 19.2. The van der Waals surface area contributed by atoms with Gasteiger partial charge in [-0.1, -0.05) is 12.1 Å². The van der Waals surface area contributed by atoms with Crippen LogP contribution in [0.25, 0.3) is 10.8 Å². The van der Waals surface area contributed by atoms with E-state index in [-0.39, 0.29) is 16.5 Å². The number of benzene rings is 2. The summed E-state index contributed by atoms with van der Waals surface area (Å²) in [6, 6.07) is 6.36. The first kappa shape index (κ1) is 7.98. The molecule has 1 nitrogen and oxygen atoms in total. The van der Waals surface area contributed by atoms with Gasteiger partial charge in [0.2, 0.25) is 0 Å². The molecule has 3 heteroatoms. The van der Waals surface area contributed by atoms with Crippen molar-refractivity contribution in [2.24, 2.45) is 0 Å². The second-order valence-corrected chi connectivity index (χ2v) is 2.71. The maximum Gasteiger partial charge on any atom is 0.186 e. The van der Waals surface area contributed by atoms with Gasteiger partial charge in [-0.15, -0.1) is 0 Å². The topological polar surface area (TPSA) is 19.9 Å². The highest BCUT2D eigenvalue weighted by Crippen LogP contribution is 2.27. The van der Waals surface area contributed by atoms with Gasteiger partial charge in [0.25, 0.3) is 0 Å². The molecule has 0 fully saturated rings. The molecule has 2 rings (SSSR count). The van der Waals surface area contributed by atoms with Crippen molar-refractivity contribution in [3.63, 3.8) is 0 Å². The summed E-state index contributed by atoms with van der Waals surface area (Å²) in [4.78, 5) is 0. The van der Waals surface area contributed by atoms with E-state index in [0.717, 1.165) is 6.07 Å². The Balaban J connectivity index is 2.94. The number of fused-ring (bicyclic) bond motifs is 1. The van der Waals surface area contributed by atoms with Crippen LogP contribution in [0, 0.1) is 11.6 Å². The SMILES string of the molecule is [O]c1cccc2c(F)c(F)ccc12. The zero-order chi connectivity index (χ0) is 9.42. The molecule has 0 aliphatic carbocycles.